The van der Waals surface area contributed by atoms with Crippen LogP contribution in [0.3, 0.4) is 0 Å². The molecule has 0 atom stereocenters. The number of nitrogens with one attached hydrogen (secondary N) is 1. The van der Waals surface area contributed by atoms with E-state index in [0.29, 0.717) is 18.4 Å². The van der Waals surface area contributed by atoms with E-state index in [4.69, 9.17) is 0 Å². The molecular weight excluding hydrogens is 228 g/mol. The third kappa shape index (κ3) is 3.04. The zero-order chi connectivity index (χ0) is 13.0. The summed E-state index contributed by atoms with van der Waals surface area (Å²) in [6, 6.07) is 0.623. The van der Waals surface area contributed by atoms with Crippen LogP contribution in [-0.4, -0.2) is 35.3 Å². The minimum Gasteiger partial charge on any atom is -0.343 e. The van der Waals surface area contributed by atoms with E-state index in [1.165, 1.54) is 0 Å². The summed E-state index contributed by atoms with van der Waals surface area (Å²) >= 11 is 0. The van der Waals surface area contributed by atoms with E-state index in [-0.39, 0.29) is 11.9 Å². The van der Waals surface area contributed by atoms with Crippen LogP contribution in [0.1, 0.15) is 45.4 Å². The summed E-state index contributed by atoms with van der Waals surface area (Å²) in [4.78, 5) is 25.0. The maximum Gasteiger partial charge on any atom is 0.296 e. The Labute approximate surface area is 108 Å². The molecular formula is C14H20N2O2. The summed E-state index contributed by atoms with van der Waals surface area (Å²) in [7, 11) is 0. The van der Waals surface area contributed by atoms with Crippen LogP contribution in [0.25, 0.3) is 0 Å². The van der Waals surface area contributed by atoms with Crippen molar-refractivity contribution < 1.29 is 9.59 Å². The van der Waals surface area contributed by atoms with Gasteiger partial charge in [0.05, 0.1) is 0 Å². The second-order valence-electron chi connectivity index (χ2n) is 5.04. The van der Waals surface area contributed by atoms with E-state index >= 15 is 0 Å². The van der Waals surface area contributed by atoms with Crippen LogP contribution in [0, 0.1) is 11.8 Å². The SMILES string of the molecule is CC#CC(=O)NC1CCC(N2CCCC2=O)CC1. The first-order valence-corrected chi connectivity index (χ1v) is 6.73. The van der Waals surface area contributed by atoms with Crippen LogP contribution in [0.4, 0.5) is 0 Å². The number of rotatable bonds is 2. The van der Waals surface area contributed by atoms with Crippen molar-refractivity contribution in [1.82, 2.24) is 10.2 Å². The van der Waals surface area contributed by atoms with Crippen LogP contribution < -0.4 is 5.32 Å². The van der Waals surface area contributed by atoms with Crippen molar-refractivity contribution in [2.75, 3.05) is 6.54 Å². The van der Waals surface area contributed by atoms with E-state index in [9.17, 15) is 9.59 Å². The van der Waals surface area contributed by atoms with Crippen LogP contribution >= 0.6 is 0 Å². The number of hydrogen-bond acceptors (Lipinski definition) is 2. The molecule has 1 saturated heterocycles. The lowest BCUT2D eigenvalue weighted by Gasteiger charge is -2.34. The normalized spacial score (nSPS) is 27.6. The van der Waals surface area contributed by atoms with Crippen LogP contribution in [0.2, 0.25) is 0 Å². The van der Waals surface area contributed by atoms with Gasteiger partial charge in [0.25, 0.3) is 5.91 Å². The number of likely N-dealkylation sites (tertiary alicyclic amines) is 1. The maximum absolute atomic E-state index is 11.7. The van der Waals surface area contributed by atoms with Gasteiger partial charge < -0.3 is 10.2 Å². The molecule has 98 valence electrons. The smallest absolute Gasteiger partial charge is 0.296 e. The van der Waals surface area contributed by atoms with Crippen molar-refractivity contribution >= 4 is 11.8 Å². The number of hydrogen-bond donors (Lipinski definition) is 1. The van der Waals surface area contributed by atoms with Crippen LogP contribution in [0.15, 0.2) is 0 Å². The molecule has 4 nitrogen and oxygen atoms in total. The molecule has 2 amide bonds. The molecule has 0 radical (unpaired) electrons. The molecule has 0 aromatic heterocycles. The second kappa shape index (κ2) is 5.90. The van der Waals surface area contributed by atoms with Gasteiger partial charge >= 0.3 is 0 Å². The van der Waals surface area contributed by atoms with Gasteiger partial charge in [-0.05, 0) is 44.9 Å². The summed E-state index contributed by atoms with van der Waals surface area (Å²) in [6.07, 6.45) is 5.61. The lowest BCUT2D eigenvalue weighted by atomic mass is 9.90. The maximum atomic E-state index is 11.7. The minimum atomic E-state index is -0.182. The molecule has 2 fully saturated rings. The van der Waals surface area contributed by atoms with Crippen molar-refractivity contribution in [2.45, 2.75) is 57.5 Å². The number of amides is 2. The molecule has 1 saturated carbocycles. The zero-order valence-electron chi connectivity index (χ0n) is 10.9. The third-order valence-corrected chi connectivity index (χ3v) is 3.82. The first-order valence-electron chi connectivity index (χ1n) is 6.73. The highest BCUT2D eigenvalue weighted by Gasteiger charge is 2.31. The minimum absolute atomic E-state index is 0.182. The van der Waals surface area contributed by atoms with E-state index in [1.54, 1.807) is 6.92 Å². The zero-order valence-corrected chi connectivity index (χ0v) is 10.9. The van der Waals surface area contributed by atoms with Crippen molar-refractivity contribution in [3.05, 3.63) is 0 Å². The van der Waals surface area contributed by atoms with Gasteiger partial charge in [0, 0.05) is 25.0 Å². The van der Waals surface area contributed by atoms with Gasteiger partial charge in [-0.15, -0.1) is 0 Å². The monoisotopic (exact) mass is 248 g/mol. The highest BCUT2D eigenvalue weighted by molar-refractivity contribution is 5.93. The molecule has 1 aliphatic carbocycles. The van der Waals surface area contributed by atoms with E-state index in [1.807, 2.05) is 4.90 Å². The van der Waals surface area contributed by atoms with E-state index in [2.05, 4.69) is 17.2 Å². The summed E-state index contributed by atoms with van der Waals surface area (Å²) in [5, 5.41) is 2.93. The second-order valence-corrected chi connectivity index (χ2v) is 5.04. The predicted molar refractivity (Wildman–Crippen MR) is 68.6 cm³/mol. The molecule has 0 aromatic carbocycles. The fraction of sp³-hybridized carbons (Fsp3) is 0.714. The van der Waals surface area contributed by atoms with Gasteiger partial charge in [0.2, 0.25) is 5.91 Å². The number of nitrogens with zero attached hydrogens (tertiary/aromatic N) is 1. The molecule has 0 aromatic rings. The fourth-order valence-corrected chi connectivity index (χ4v) is 2.92. The Balaban J connectivity index is 1.78. The summed E-state index contributed by atoms with van der Waals surface area (Å²) in [5.41, 5.74) is 0. The van der Waals surface area contributed by atoms with E-state index < -0.39 is 0 Å². The van der Waals surface area contributed by atoms with Crippen molar-refractivity contribution in [1.29, 1.82) is 0 Å². The predicted octanol–water partition coefficient (Wildman–Crippen LogP) is 1.06. The van der Waals surface area contributed by atoms with Crippen molar-refractivity contribution in [2.24, 2.45) is 0 Å². The van der Waals surface area contributed by atoms with Crippen molar-refractivity contribution in [3.8, 4) is 11.8 Å². The van der Waals surface area contributed by atoms with Gasteiger partial charge in [-0.25, -0.2) is 0 Å². The van der Waals surface area contributed by atoms with Crippen LogP contribution in [0.5, 0.6) is 0 Å². The van der Waals surface area contributed by atoms with Gasteiger partial charge in [-0.3, -0.25) is 9.59 Å². The number of carbonyl (C=O) groups is 2. The molecule has 1 N–H and O–H groups in total. The average molecular weight is 248 g/mol. The lowest BCUT2D eigenvalue weighted by molar-refractivity contribution is -0.130. The fourth-order valence-electron chi connectivity index (χ4n) is 2.92. The third-order valence-electron chi connectivity index (χ3n) is 3.82. The topological polar surface area (TPSA) is 49.4 Å². The molecule has 1 aliphatic heterocycles. The molecule has 4 heteroatoms. The first-order chi connectivity index (χ1) is 8.70. The summed E-state index contributed by atoms with van der Waals surface area (Å²) in [5.74, 6) is 5.23. The van der Waals surface area contributed by atoms with Gasteiger partial charge in [0.1, 0.15) is 0 Å². The van der Waals surface area contributed by atoms with Gasteiger partial charge in [0.15, 0.2) is 0 Å². The van der Waals surface area contributed by atoms with Crippen LogP contribution in [-0.2, 0) is 9.59 Å². The molecule has 1 heterocycles. The summed E-state index contributed by atoms with van der Waals surface area (Å²) < 4.78 is 0. The molecule has 0 unspecified atom stereocenters. The Morgan fingerprint density at radius 3 is 2.61 bits per heavy atom. The molecule has 18 heavy (non-hydrogen) atoms. The first kappa shape index (κ1) is 12.9. The Bertz CT molecular complexity index is 386. The molecule has 2 aliphatic rings. The molecule has 2 rings (SSSR count). The standard InChI is InChI=1S/C14H20N2O2/c1-2-4-13(17)15-11-6-8-12(9-7-11)16-10-3-5-14(16)18/h11-12H,3,5-10H2,1H3,(H,15,17). The van der Waals surface area contributed by atoms with Gasteiger partial charge in [-0.2, -0.15) is 0 Å². The average Bonchev–Trinajstić information content (AvgIpc) is 2.77. The van der Waals surface area contributed by atoms with E-state index in [0.717, 1.165) is 38.6 Å². The number of carbonyl (C=O) groups excluding carboxylic acids is 2. The highest BCUT2D eigenvalue weighted by Crippen LogP contribution is 2.26. The quantitative estimate of drug-likeness (QED) is 0.743. The lowest BCUT2D eigenvalue weighted by Crippen LogP contribution is -2.44. The Kier molecular flexibility index (Phi) is 4.24. The molecule has 0 spiro atoms. The Morgan fingerprint density at radius 1 is 1.33 bits per heavy atom. The largest absolute Gasteiger partial charge is 0.343 e. The molecule has 0 bridgehead atoms. The van der Waals surface area contributed by atoms with Gasteiger partial charge in [-0.1, -0.05) is 5.92 Å². The Hall–Kier alpha value is -1.50. The summed E-state index contributed by atoms with van der Waals surface area (Å²) in [6.45, 7) is 2.58. The van der Waals surface area contributed by atoms with Crippen molar-refractivity contribution in [3.63, 3.8) is 0 Å². The highest BCUT2D eigenvalue weighted by atomic mass is 16.2. The Morgan fingerprint density at radius 2 is 2.06 bits per heavy atom.